The smallest absolute Gasteiger partial charge is 0.329 e. The van der Waals surface area contributed by atoms with Gasteiger partial charge in [-0.3, -0.25) is 0 Å². The number of carbonyl (C=O) groups is 1. The average molecular weight is 307 g/mol. The third kappa shape index (κ3) is 3.33. The second-order valence-corrected chi connectivity index (χ2v) is 3.60. The summed E-state index contributed by atoms with van der Waals surface area (Å²) in [6.45, 7) is 0. The first-order chi connectivity index (χ1) is 6.59. The molecular weight excluding hydrogens is 300 g/mol. The first-order valence-electron chi connectivity index (χ1n) is 3.70. The Kier molecular flexibility index (Phi) is 3.87. The molecule has 2 N–H and O–H groups in total. The van der Waals surface area contributed by atoms with E-state index in [2.05, 4.69) is 5.32 Å². The lowest BCUT2D eigenvalue weighted by molar-refractivity contribution is -0.131. The van der Waals surface area contributed by atoms with Crippen LogP contribution < -0.4 is 5.32 Å². The maximum Gasteiger partial charge on any atom is 0.329 e. The van der Waals surface area contributed by atoms with Crippen LogP contribution in [0.2, 0.25) is 0 Å². The monoisotopic (exact) mass is 307 g/mol. The molecule has 0 aliphatic rings. The molecule has 74 valence electrons. The van der Waals surface area contributed by atoms with Gasteiger partial charge in [0, 0.05) is 15.8 Å². The Balaban J connectivity index is 2.73. The van der Waals surface area contributed by atoms with Crippen molar-refractivity contribution in [1.82, 2.24) is 0 Å². The van der Waals surface area contributed by atoms with Crippen LogP contribution in [0.15, 0.2) is 30.5 Å². The predicted molar refractivity (Wildman–Crippen MR) is 59.5 cm³/mol. The number of hydrogen-bond donors (Lipinski definition) is 2. The van der Waals surface area contributed by atoms with Crippen molar-refractivity contribution in [2.75, 3.05) is 5.32 Å². The minimum Gasteiger partial charge on any atom is -0.478 e. The number of carboxylic acid groups (broad SMARTS) is 1. The summed E-state index contributed by atoms with van der Waals surface area (Å²) in [5.41, 5.74) is 0.671. The molecule has 0 fully saturated rings. The first kappa shape index (κ1) is 11.0. The quantitative estimate of drug-likeness (QED) is 0.666. The van der Waals surface area contributed by atoms with Gasteiger partial charge in [0.15, 0.2) is 0 Å². The van der Waals surface area contributed by atoms with Gasteiger partial charge < -0.3 is 10.4 Å². The van der Waals surface area contributed by atoms with Gasteiger partial charge in [0.2, 0.25) is 0 Å². The van der Waals surface area contributed by atoms with E-state index in [1.54, 1.807) is 6.07 Å². The van der Waals surface area contributed by atoms with Crippen LogP contribution in [0.4, 0.5) is 10.1 Å². The fourth-order valence-corrected chi connectivity index (χ4v) is 1.44. The molecule has 14 heavy (non-hydrogen) atoms. The molecule has 1 aromatic rings. The molecule has 0 radical (unpaired) electrons. The Morgan fingerprint density at radius 1 is 1.57 bits per heavy atom. The van der Waals surface area contributed by atoms with Crippen LogP contribution in [0, 0.1) is 9.39 Å². The van der Waals surface area contributed by atoms with Crippen molar-refractivity contribution in [3.8, 4) is 0 Å². The van der Waals surface area contributed by atoms with Crippen LogP contribution >= 0.6 is 22.6 Å². The van der Waals surface area contributed by atoms with Crippen molar-refractivity contribution in [3.05, 3.63) is 39.9 Å². The molecule has 0 saturated carbocycles. The van der Waals surface area contributed by atoms with Gasteiger partial charge in [-0.05, 0) is 40.8 Å². The Hall–Kier alpha value is -1.11. The summed E-state index contributed by atoms with van der Waals surface area (Å²) in [7, 11) is 0. The number of rotatable bonds is 3. The van der Waals surface area contributed by atoms with E-state index in [1.165, 1.54) is 18.3 Å². The molecule has 0 amide bonds. The number of nitrogens with one attached hydrogen (secondary N) is 1. The van der Waals surface area contributed by atoms with Gasteiger partial charge in [-0.15, -0.1) is 0 Å². The molecule has 0 spiro atoms. The van der Waals surface area contributed by atoms with E-state index in [9.17, 15) is 9.18 Å². The van der Waals surface area contributed by atoms with Crippen LogP contribution in [0.25, 0.3) is 0 Å². The lowest BCUT2D eigenvalue weighted by Gasteiger charge is -2.02. The molecule has 0 atom stereocenters. The number of hydrogen-bond acceptors (Lipinski definition) is 2. The zero-order valence-electron chi connectivity index (χ0n) is 7.00. The molecule has 5 heteroatoms. The summed E-state index contributed by atoms with van der Waals surface area (Å²) in [6, 6.07) is 4.21. The highest BCUT2D eigenvalue weighted by Crippen LogP contribution is 2.18. The SMILES string of the molecule is O=C(O)/C=C/Nc1ccc(F)cc1I. The first-order valence-corrected chi connectivity index (χ1v) is 4.78. The lowest BCUT2D eigenvalue weighted by atomic mass is 10.3. The minimum atomic E-state index is -1.03. The normalized spacial score (nSPS) is 10.4. The molecular formula is C9H7FINO2. The summed E-state index contributed by atoms with van der Waals surface area (Å²) in [4.78, 5) is 10.1. The topological polar surface area (TPSA) is 49.3 Å². The van der Waals surface area contributed by atoms with Crippen LogP contribution in [0.3, 0.4) is 0 Å². The minimum absolute atomic E-state index is 0.317. The third-order valence-corrected chi connectivity index (χ3v) is 2.29. The summed E-state index contributed by atoms with van der Waals surface area (Å²) < 4.78 is 13.3. The molecule has 3 nitrogen and oxygen atoms in total. The number of carboxylic acids is 1. The van der Waals surface area contributed by atoms with Crippen LogP contribution in [0.5, 0.6) is 0 Å². The molecule has 0 bridgehead atoms. The molecule has 0 aromatic heterocycles. The van der Waals surface area contributed by atoms with Crippen molar-refractivity contribution in [2.24, 2.45) is 0 Å². The van der Waals surface area contributed by atoms with E-state index >= 15 is 0 Å². The maximum atomic E-state index is 12.7. The van der Waals surface area contributed by atoms with Gasteiger partial charge in [-0.2, -0.15) is 0 Å². The van der Waals surface area contributed by atoms with Crippen molar-refractivity contribution in [3.63, 3.8) is 0 Å². The van der Waals surface area contributed by atoms with Gasteiger partial charge in [-0.25, -0.2) is 9.18 Å². The number of halogens is 2. The van der Waals surface area contributed by atoms with Gasteiger partial charge in [-0.1, -0.05) is 0 Å². The zero-order valence-corrected chi connectivity index (χ0v) is 9.16. The van der Waals surface area contributed by atoms with Gasteiger partial charge in [0.05, 0.1) is 5.69 Å². The van der Waals surface area contributed by atoms with Crippen molar-refractivity contribution < 1.29 is 14.3 Å². The zero-order chi connectivity index (χ0) is 10.6. The summed E-state index contributed by atoms with van der Waals surface area (Å²) in [5.74, 6) is -1.35. The molecule has 0 heterocycles. The largest absolute Gasteiger partial charge is 0.478 e. The maximum absolute atomic E-state index is 12.7. The molecule has 0 aliphatic heterocycles. The second-order valence-electron chi connectivity index (χ2n) is 2.44. The number of aliphatic carboxylic acids is 1. The Labute approximate surface area is 93.8 Å². The Morgan fingerprint density at radius 3 is 2.86 bits per heavy atom. The number of benzene rings is 1. The second kappa shape index (κ2) is 4.94. The van der Waals surface area contributed by atoms with E-state index in [0.29, 0.717) is 9.26 Å². The lowest BCUT2D eigenvalue weighted by Crippen LogP contribution is -1.94. The Bertz CT molecular complexity index is 379. The van der Waals surface area contributed by atoms with Crippen molar-refractivity contribution >= 4 is 34.2 Å². The van der Waals surface area contributed by atoms with Crippen LogP contribution in [0.1, 0.15) is 0 Å². The van der Waals surface area contributed by atoms with Crippen LogP contribution in [-0.2, 0) is 4.79 Å². The van der Waals surface area contributed by atoms with E-state index in [-0.39, 0.29) is 5.82 Å². The molecule has 0 saturated heterocycles. The van der Waals surface area contributed by atoms with E-state index in [4.69, 9.17) is 5.11 Å². The molecule has 0 unspecified atom stereocenters. The standard InChI is InChI=1S/C9H7FINO2/c10-6-1-2-8(7(11)5-6)12-4-3-9(13)14/h1-5,12H,(H,13,14)/b4-3+. The van der Waals surface area contributed by atoms with E-state index in [1.807, 2.05) is 22.6 Å². The molecule has 1 aromatic carbocycles. The fourth-order valence-electron chi connectivity index (χ4n) is 0.809. The fraction of sp³-hybridized carbons (Fsp3) is 0. The molecule has 1 rings (SSSR count). The average Bonchev–Trinajstić information content (AvgIpc) is 2.08. The van der Waals surface area contributed by atoms with Crippen molar-refractivity contribution in [1.29, 1.82) is 0 Å². The summed E-state index contributed by atoms with van der Waals surface area (Å²) in [5, 5.41) is 11.1. The predicted octanol–water partition coefficient (Wildman–Crippen LogP) is 2.44. The number of anilines is 1. The highest BCUT2D eigenvalue weighted by atomic mass is 127. The van der Waals surface area contributed by atoms with Gasteiger partial charge in [0.1, 0.15) is 5.82 Å². The van der Waals surface area contributed by atoms with Crippen molar-refractivity contribution in [2.45, 2.75) is 0 Å². The van der Waals surface area contributed by atoms with Crippen LogP contribution in [-0.4, -0.2) is 11.1 Å². The van der Waals surface area contributed by atoms with Gasteiger partial charge in [0.25, 0.3) is 0 Å². The van der Waals surface area contributed by atoms with Gasteiger partial charge >= 0.3 is 5.97 Å². The third-order valence-electron chi connectivity index (χ3n) is 1.40. The highest BCUT2D eigenvalue weighted by molar-refractivity contribution is 14.1. The highest BCUT2D eigenvalue weighted by Gasteiger charge is 1.98. The van der Waals surface area contributed by atoms with E-state index in [0.717, 1.165) is 6.08 Å². The summed E-state index contributed by atoms with van der Waals surface area (Å²) in [6.07, 6.45) is 2.26. The molecule has 0 aliphatic carbocycles. The Morgan fingerprint density at radius 2 is 2.29 bits per heavy atom. The van der Waals surface area contributed by atoms with E-state index < -0.39 is 5.97 Å². The summed E-state index contributed by atoms with van der Waals surface area (Å²) >= 11 is 1.96.